The normalized spacial score (nSPS) is 14.4. The number of ether oxygens (including phenoxy) is 1. The zero-order valence-electron chi connectivity index (χ0n) is 19.9. The van der Waals surface area contributed by atoms with Gasteiger partial charge in [0.25, 0.3) is 5.91 Å². The molecule has 1 amide bonds. The molecule has 0 unspecified atom stereocenters. The van der Waals surface area contributed by atoms with Crippen molar-refractivity contribution >= 4 is 39.5 Å². The lowest BCUT2D eigenvalue weighted by Gasteiger charge is -2.30. The van der Waals surface area contributed by atoms with Gasteiger partial charge in [-0.1, -0.05) is 6.07 Å². The molecule has 0 aliphatic carbocycles. The minimum atomic E-state index is -0.763. The molecular formula is C26H29N5O3S. The molecule has 0 bridgehead atoms. The maximum Gasteiger partial charge on any atom is 0.274 e. The third-order valence-corrected chi connectivity index (χ3v) is 6.70. The van der Waals surface area contributed by atoms with Gasteiger partial charge in [0, 0.05) is 42.2 Å². The fourth-order valence-corrected chi connectivity index (χ4v) is 4.75. The molecule has 8 nitrogen and oxygen atoms in total. The first-order valence-corrected chi connectivity index (χ1v) is 12.7. The molecule has 4 aromatic rings. The van der Waals surface area contributed by atoms with Crippen LogP contribution in [-0.2, 0) is 11.3 Å². The van der Waals surface area contributed by atoms with Gasteiger partial charge >= 0.3 is 0 Å². The molecule has 1 aliphatic heterocycles. The van der Waals surface area contributed by atoms with E-state index in [-0.39, 0.29) is 5.91 Å². The summed E-state index contributed by atoms with van der Waals surface area (Å²) >= 11 is 1.60. The van der Waals surface area contributed by atoms with Crippen molar-refractivity contribution in [3.63, 3.8) is 0 Å². The number of morpholine rings is 1. The monoisotopic (exact) mass is 491 g/mol. The van der Waals surface area contributed by atoms with Crippen molar-refractivity contribution in [2.75, 3.05) is 36.5 Å². The van der Waals surface area contributed by atoms with E-state index in [4.69, 9.17) is 9.84 Å². The lowest BCUT2D eigenvalue weighted by molar-refractivity contribution is 0.0651. The molecule has 1 aliphatic rings. The molecule has 0 spiro atoms. The van der Waals surface area contributed by atoms with Crippen LogP contribution in [0, 0.1) is 0 Å². The number of aryl methyl sites for hydroxylation is 1. The molecule has 3 aromatic heterocycles. The number of aliphatic hydroxyl groups is 1. The predicted octanol–water partition coefficient (Wildman–Crippen LogP) is 4.41. The molecule has 1 saturated heterocycles. The second kappa shape index (κ2) is 9.77. The number of anilines is 2. The number of nitrogens with zero attached hydrogens (tertiary/aromatic N) is 4. The Morgan fingerprint density at radius 3 is 2.80 bits per heavy atom. The third-order valence-electron chi connectivity index (χ3n) is 6.02. The largest absolute Gasteiger partial charge is 0.390 e. The summed E-state index contributed by atoms with van der Waals surface area (Å²) in [5, 5.41) is 22.8. The number of amides is 1. The average Bonchev–Trinajstić information content (AvgIpc) is 3.52. The second-order valence-corrected chi connectivity index (χ2v) is 10.1. The average molecular weight is 492 g/mol. The predicted molar refractivity (Wildman–Crippen MR) is 139 cm³/mol. The first kappa shape index (κ1) is 23.5. The van der Waals surface area contributed by atoms with Gasteiger partial charge in [-0.05, 0) is 56.0 Å². The van der Waals surface area contributed by atoms with Crippen LogP contribution in [0.15, 0.2) is 53.4 Å². The van der Waals surface area contributed by atoms with E-state index in [9.17, 15) is 9.90 Å². The Balaban J connectivity index is 1.46. The molecule has 182 valence electrons. The number of carbonyl (C=O) groups is 1. The van der Waals surface area contributed by atoms with Gasteiger partial charge in [-0.2, -0.15) is 16.4 Å². The number of aromatic nitrogens is 3. The highest BCUT2D eigenvalue weighted by atomic mass is 32.1. The number of thiophene rings is 1. The van der Waals surface area contributed by atoms with Crippen LogP contribution in [0.25, 0.3) is 22.2 Å². The van der Waals surface area contributed by atoms with Gasteiger partial charge in [-0.25, -0.2) is 4.98 Å². The van der Waals surface area contributed by atoms with Crippen LogP contribution in [0.3, 0.4) is 0 Å². The molecule has 0 saturated carbocycles. The van der Waals surface area contributed by atoms with Crippen molar-refractivity contribution in [1.29, 1.82) is 0 Å². The van der Waals surface area contributed by atoms with E-state index in [0.29, 0.717) is 37.6 Å². The Labute approximate surface area is 208 Å². The third kappa shape index (κ3) is 5.53. The summed E-state index contributed by atoms with van der Waals surface area (Å²) in [5.74, 6) is -0.259. The van der Waals surface area contributed by atoms with Crippen molar-refractivity contribution in [3.05, 3.63) is 59.0 Å². The van der Waals surface area contributed by atoms with Crippen molar-refractivity contribution in [2.24, 2.45) is 0 Å². The Morgan fingerprint density at radius 1 is 1.23 bits per heavy atom. The van der Waals surface area contributed by atoms with Crippen molar-refractivity contribution in [1.82, 2.24) is 14.8 Å². The van der Waals surface area contributed by atoms with Gasteiger partial charge in [0.15, 0.2) is 0 Å². The Morgan fingerprint density at radius 2 is 2.06 bits per heavy atom. The number of carbonyl (C=O) groups excluding carboxylic acids is 1. The number of fused-ring (bicyclic) bond motifs is 1. The van der Waals surface area contributed by atoms with Crippen LogP contribution < -0.4 is 10.2 Å². The summed E-state index contributed by atoms with van der Waals surface area (Å²) in [6.45, 7) is 6.93. The molecule has 4 heterocycles. The van der Waals surface area contributed by atoms with Crippen LogP contribution in [0.1, 0.15) is 30.8 Å². The smallest absolute Gasteiger partial charge is 0.274 e. The van der Waals surface area contributed by atoms with Gasteiger partial charge < -0.3 is 20.1 Å². The highest BCUT2D eigenvalue weighted by Crippen LogP contribution is 2.32. The van der Waals surface area contributed by atoms with E-state index in [1.54, 1.807) is 31.3 Å². The molecule has 2 N–H and O–H groups in total. The topological polar surface area (TPSA) is 92.5 Å². The minimum Gasteiger partial charge on any atom is -0.390 e. The molecule has 5 rings (SSSR count). The number of nitrogens with one attached hydrogen (secondary N) is 1. The van der Waals surface area contributed by atoms with Gasteiger partial charge in [-0.3, -0.25) is 9.48 Å². The lowest BCUT2D eigenvalue weighted by atomic mass is 10.1. The number of pyridine rings is 1. The molecule has 9 heteroatoms. The van der Waals surface area contributed by atoms with Gasteiger partial charge in [0.2, 0.25) is 0 Å². The van der Waals surface area contributed by atoms with Crippen LogP contribution in [0.2, 0.25) is 0 Å². The fraction of sp³-hybridized carbons (Fsp3) is 0.346. The lowest BCUT2D eigenvalue weighted by Crippen LogP contribution is -2.36. The van der Waals surface area contributed by atoms with E-state index >= 15 is 0 Å². The number of benzene rings is 1. The Kier molecular flexibility index (Phi) is 6.55. The van der Waals surface area contributed by atoms with Crippen LogP contribution in [0.4, 0.5) is 11.4 Å². The summed E-state index contributed by atoms with van der Waals surface area (Å²) in [6, 6.07) is 11.5. The quantitative estimate of drug-likeness (QED) is 0.398. The second-order valence-electron chi connectivity index (χ2n) is 9.36. The standard InChI is InChI=1S/C26H29N5O3S/c1-26(2,33)7-8-31-16-19-14-23(24(15-22(19)29-31)30-9-11-34-12-10-30)28-25(32)21-5-3-4-20(27-21)18-6-13-35-17-18/h3-6,13-17,33H,7-12H2,1-2H3,(H,28,32). The Hall–Kier alpha value is -3.27. The summed E-state index contributed by atoms with van der Waals surface area (Å²) in [7, 11) is 0. The maximum absolute atomic E-state index is 13.3. The molecule has 0 atom stereocenters. The fourth-order valence-electron chi connectivity index (χ4n) is 4.10. The van der Waals surface area contributed by atoms with Gasteiger partial charge in [0.05, 0.1) is 41.4 Å². The first-order valence-electron chi connectivity index (χ1n) is 11.7. The number of rotatable bonds is 7. The van der Waals surface area contributed by atoms with E-state index < -0.39 is 5.60 Å². The summed E-state index contributed by atoms with van der Waals surface area (Å²) in [6.07, 6.45) is 2.54. The van der Waals surface area contributed by atoms with Gasteiger partial charge in [0.1, 0.15) is 5.69 Å². The van der Waals surface area contributed by atoms with E-state index in [1.807, 2.05) is 52.0 Å². The highest BCUT2D eigenvalue weighted by molar-refractivity contribution is 7.08. The van der Waals surface area contributed by atoms with Crippen LogP contribution in [-0.4, -0.2) is 57.7 Å². The summed E-state index contributed by atoms with van der Waals surface area (Å²) < 4.78 is 7.38. The molecule has 0 radical (unpaired) electrons. The highest BCUT2D eigenvalue weighted by Gasteiger charge is 2.20. The van der Waals surface area contributed by atoms with Crippen LogP contribution >= 0.6 is 11.3 Å². The summed E-state index contributed by atoms with van der Waals surface area (Å²) in [5.41, 5.74) is 3.85. The number of hydrogen-bond donors (Lipinski definition) is 2. The van der Waals surface area contributed by atoms with Crippen LogP contribution in [0.5, 0.6) is 0 Å². The minimum absolute atomic E-state index is 0.259. The maximum atomic E-state index is 13.3. The summed E-state index contributed by atoms with van der Waals surface area (Å²) in [4.78, 5) is 20.1. The first-order chi connectivity index (χ1) is 16.9. The zero-order chi connectivity index (χ0) is 24.4. The van der Waals surface area contributed by atoms with Gasteiger partial charge in [-0.15, -0.1) is 0 Å². The molecule has 1 fully saturated rings. The van der Waals surface area contributed by atoms with E-state index in [2.05, 4.69) is 15.2 Å². The number of hydrogen-bond acceptors (Lipinski definition) is 7. The van der Waals surface area contributed by atoms with Crippen molar-refractivity contribution < 1.29 is 14.6 Å². The van der Waals surface area contributed by atoms with E-state index in [0.717, 1.165) is 40.9 Å². The SMILES string of the molecule is CC(C)(O)CCn1cc2cc(NC(=O)c3cccc(-c4ccsc4)n3)c(N3CCOCC3)cc2n1. The Bertz CT molecular complexity index is 1320. The van der Waals surface area contributed by atoms with Crippen molar-refractivity contribution in [3.8, 4) is 11.3 Å². The molecule has 1 aromatic carbocycles. The zero-order valence-corrected chi connectivity index (χ0v) is 20.7. The molecule has 35 heavy (non-hydrogen) atoms. The van der Waals surface area contributed by atoms with Crippen molar-refractivity contribution in [2.45, 2.75) is 32.4 Å². The van der Waals surface area contributed by atoms with E-state index in [1.165, 1.54) is 0 Å². The molecular weight excluding hydrogens is 462 g/mol.